The van der Waals surface area contributed by atoms with Crippen LogP contribution in [0.25, 0.3) is 0 Å². The average molecular weight is 331 g/mol. The Morgan fingerprint density at radius 2 is 2.12 bits per heavy atom. The molecule has 0 radical (unpaired) electrons. The zero-order valence-electron chi connectivity index (χ0n) is 13.6. The Morgan fingerprint density at radius 1 is 1.38 bits per heavy atom. The SMILES string of the molecule is C[C@@]1(c2ccccc2)NC(=O)N(CC(=O)NC[C@@H]2CCCO2)C1=O. The predicted molar refractivity (Wildman–Crippen MR) is 86.0 cm³/mol. The fourth-order valence-corrected chi connectivity index (χ4v) is 3.04. The highest BCUT2D eigenvalue weighted by atomic mass is 16.5. The van der Waals surface area contributed by atoms with E-state index in [1.165, 1.54) is 0 Å². The van der Waals surface area contributed by atoms with E-state index >= 15 is 0 Å². The number of hydrogen-bond acceptors (Lipinski definition) is 4. The Kier molecular flexibility index (Phi) is 4.53. The Labute approximate surface area is 140 Å². The van der Waals surface area contributed by atoms with Crippen molar-refractivity contribution < 1.29 is 19.1 Å². The van der Waals surface area contributed by atoms with Gasteiger partial charge in [-0.3, -0.25) is 14.5 Å². The highest BCUT2D eigenvalue weighted by Gasteiger charge is 2.49. The summed E-state index contributed by atoms with van der Waals surface area (Å²) in [6.45, 7) is 2.47. The normalized spacial score (nSPS) is 26.5. The number of nitrogens with one attached hydrogen (secondary N) is 2. The third kappa shape index (κ3) is 3.12. The fraction of sp³-hybridized carbons (Fsp3) is 0.471. The van der Waals surface area contributed by atoms with Crippen molar-refractivity contribution >= 4 is 17.8 Å². The summed E-state index contributed by atoms with van der Waals surface area (Å²) in [5.74, 6) is -0.794. The Hall–Kier alpha value is -2.41. The van der Waals surface area contributed by atoms with E-state index in [9.17, 15) is 14.4 Å². The summed E-state index contributed by atoms with van der Waals surface area (Å²) in [5, 5.41) is 5.40. The minimum atomic E-state index is -1.15. The number of nitrogens with zero attached hydrogens (tertiary/aromatic N) is 1. The lowest BCUT2D eigenvalue weighted by Crippen LogP contribution is -2.44. The summed E-state index contributed by atoms with van der Waals surface area (Å²) in [6.07, 6.45) is 1.92. The standard InChI is InChI=1S/C17H21N3O4/c1-17(12-6-3-2-4-7-12)15(22)20(16(23)19-17)11-14(21)18-10-13-8-5-9-24-13/h2-4,6-7,13H,5,8-11H2,1H3,(H,18,21)(H,19,23)/t13-,17-/m0/s1. The van der Waals surface area contributed by atoms with Gasteiger partial charge < -0.3 is 15.4 Å². The lowest BCUT2D eigenvalue weighted by molar-refractivity contribution is -0.134. The molecule has 0 spiro atoms. The number of benzene rings is 1. The maximum atomic E-state index is 12.7. The zero-order valence-corrected chi connectivity index (χ0v) is 13.6. The molecule has 2 aliphatic rings. The van der Waals surface area contributed by atoms with Gasteiger partial charge in [-0.1, -0.05) is 30.3 Å². The van der Waals surface area contributed by atoms with Gasteiger partial charge in [0, 0.05) is 13.2 Å². The van der Waals surface area contributed by atoms with Gasteiger partial charge in [0.25, 0.3) is 5.91 Å². The molecule has 2 saturated heterocycles. The first-order chi connectivity index (χ1) is 11.5. The minimum Gasteiger partial charge on any atom is -0.376 e. The largest absolute Gasteiger partial charge is 0.376 e. The zero-order chi connectivity index (χ0) is 17.2. The second kappa shape index (κ2) is 6.60. The van der Waals surface area contributed by atoms with Crippen LogP contribution in [-0.2, 0) is 19.9 Å². The predicted octanol–water partition coefficient (Wildman–Crippen LogP) is 0.749. The molecule has 0 saturated carbocycles. The third-order valence-corrected chi connectivity index (χ3v) is 4.48. The molecule has 7 nitrogen and oxygen atoms in total. The molecular weight excluding hydrogens is 310 g/mol. The van der Waals surface area contributed by atoms with Crippen LogP contribution in [0.1, 0.15) is 25.3 Å². The van der Waals surface area contributed by atoms with E-state index in [0.717, 1.165) is 17.7 Å². The number of ether oxygens (including phenoxy) is 1. The van der Waals surface area contributed by atoms with E-state index in [1.54, 1.807) is 31.2 Å². The molecule has 0 aliphatic carbocycles. The molecule has 0 aromatic heterocycles. The second-order valence-corrected chi connectivity index (χ2v) is 6.25. The molecule has 2 aliphatic heterocycles. The molecule has 2 N–H and O–H groups in total. The van der Waals surface area contributed by atoms with Crippen LogP contribution in [0.2, 0.25) is 0 Å². The average Bonchev–Trinajstić information content (AvgIpc) is 3.17. The van der Waals surface area contributed by atoms with Gasteiger partial charge in [-0.2, -0.15) is 0 Å². The first kappa shape index (κ1) is 16.4. The Bertz CT molecular complexity index is 642. The number of amides is 4. The molecule has 2 atom stereocenters. The first-order valence-corrected chi connectivity index (χ1v) is 8.08. The fourth-order valence-electron chi connectivity index (χ4n) is 3.04. The lowest BCUT2D eigenvalue weighted by Gasteiger charge is -2.22. The number of imide groups is 1. The molecule has 4 amide bonds. The number of rotatable bonds is 5. The van der Waals surface area contributed by atoms with Crippen LogP contribution in [0, 0.1) is 0 Å². The van der Waals surface area contributed by atoms with Gasteiger partial charge in [0.05, 0.1) is 6.10 Å². The quantitative estimate of drug-likeness (QED) is 0.780. The van der Waals surface area contributed by atoms with Crippen LogP contribution >= 0.6 is 0 Å². The van der Waals surface area contributed by atoms with Crippen molar-refractivity contribution in [2.24, 2.45) is 0 Å². The summed E-state index contributed by atoms with van der Waals surface area (Å²) in [7, 11) is 0. The van der Waals surface area contributed by atoms with Crippen molar-refractivity contribution in [1.29, 1.82) is 0 Å². The Morgan fingerprint density at radius 3 is 2.79 bits per heavy atom. The van der Waals surface area contributed by atoms with Gasteiger partial charge >= 0.3 is 6.03 Å². The van der Waals surface area contributed by atoms with Crippen molar-refractivity contribution in [3.8, 4) is 0 Å². The van der Waals surface area contributed by atoms with Crippen LogP contribution in [0.4, 0.5) is 4.79 Å². The van der Waals surface area contributed by atoms with E-state index in [2.05, 4.69) is 10.6 Å². The van der Waals surface area contributed by atoms with Gasteiger partial charge in [-0.05, 0) is 25.3 Å². The number of carbonyl (C=O) groups excluding carboxylic acids is 3. The first-order valence-electron chi connectivity index (χ1n) is 8.08. The molecule has 1 aromatic carbocycles. The summed E-state index contributed by atoms with van der Waals surface area (Å²) < 4.78 is 5.43. The van der Waals surface area contributed by atoms with Gasteiger partial charge in [-0.15, -0.1) is 0 Å². The second-order valence-electron chi connectivity index (χ2n) is 6.25. The van der Waals surface area contributed by atoms with E-state index in [0.29, 0.717) is 18.7 Å². The van der Waals surface area contributed by atoms with Crippen LogP contribution in [0.3, 0.4) is 0 Å². The van der Waals surface area contributed by atoms with E-state index in [-0.39, 0.29) is 18.6 Å². The van der Waals surface area contributed by atoms with E-state index in [4.69, 9.17) is 4.74 Å². The molecule has 1 aromatic rings. The van der Waals surface area contributed by atoms with Crippen LogP contribution in [0.5, 0.6) is 0 Å². The highest BCUT2D eigenvalue weighted by molar-refractivity contribution is 6.09. The van der Waals surface area contributed by atoms with Gasteiger partial charge in [0.15, 0.2) is 0 Å². The van der Waals surface area contributed by atoms with Gasteiger partial charge in [0.2, 0.25) is 5.91 Å². The van der Waals surface area contributed by atoms with Crippen molar-refractivity contribution in [3.05, 3.63) is 35.9 Å². The van der Waals surface area contributed by atoms with E-state index in [1.807, 2.05) is 6.07 Å². The van der Waals surface area contributed by atoms with E-state index < -0.39 is 17.5 Å². The molecular formula is C17H21N3O4. The summed E-state index contributed by atoms with van der Waals surface area (Å²) in [4.78, 5) is 37.8. The third-order valence-electron chi connectivity index (χ3n) is 4.48. The number of carbonyl (C=O) groups is 3. The molecule has 2 heterocycles. The molecule has 0 bridgehead atoms. The van der Waals surface area contributed by atoms with Gasteiger partial charge in [-0.25, -0.2) is 4.79 Å². The maximum absolute atomic E-state index is 12.7. The highest BCUT2D eigenvalue weighted by Crippen LogP contribution is 2.28. The van der Waals surface area contributed by atoms with Crippen molar-refractivity contribution in [2.45, 2.75) is 31.4 Å². The minimum absolute atomic E-state index is 0.0200. The van der Waals surface area contributed by atoms with Crippen molar-refractivity contribution in [2.75, 3.05) is 19.7 Å². The molecule has 0 unspecified atom stereocenters. The topological polar surface area (TPSA) is 87.7 Å². The Balaban J connectivity index is 1.63. The molecule has 7 heteroatoms. The molecule has 2 fully saturated rings. The monoisotopic (exact) mass is 331 g/mol. The summed E-state index contributed by atoms with van der Waals surface area (Å²) in [5.41, 5.74) is -0.460. The lowest BCUT2D eigenvalue weighted by atomic mass is 9.92. The van der Waals surface area contributed by atoms with Crippen molar-refractivity contribution in [1.82, 2.24) is 15.5 Å². The smallest absolute Gasteiger partial charge is 0.325 e. The van der Waals surface area contributed by atoms with Crippen LogP contribution in [-0.4, -0.2) is 48.5 Å². The van der Waals surface area contributed by atoms with Gasteiger partial charge in [0.1, 0.15) is 12.1 Å². The molecule has 3 rings (SSSR count). The molecule has 128 valence electrons. The van der Waals surface area contributed by atoms with Crippen molar-refractivity contribution in [3.63, 3.8) is 0 Å². The summed E-state index contributed by atoms with van der Waals surface area (Å²) >= 11 is 0. The maximum Gasteiger partial charge on any atom is 0.325 e. The van der Waals surface area contributed by atoms with Crippen LogP contribution < -0.4 is 10.6 Å². The van der Waals surface area contributed by atoms with Crippen LogP contribution in [0.15, 0.2) is 30.3 Å². The number of hydrogen-bond donors (Lipinski definition) is 2. The molecule has 24 heavy (non-hydrogen) atoms. The number of urea groups is 1. The summed E-state index contributed by atoms with van der Waals surface area (Å²) in [6, 6.07) is 8.44.